The molecule has 0 aromatic carbocycles. The van der Waals surface area contributed by atoms with Crippen LogP contribution in [0, 0.1) is 0 Å². The van der Waals surface area contributed by atoms with Crippen LogP contribution >= 0.6 is 11.8 Å². The van der Waals surface area contributed by atoms with Crippen molar-refractivity contribution in [3.63, 3.8) is 0 Å². The molecule has 1 N–H and O–H groups in total. The van der Waals surface area contributed by atoms with Crippen molar-refractivity contribution < 1.29 is 0 Å². The van der Waals surface area contributed by atoms with Crippen LogP contribution in [0.1, 0.15) is 25.5 Å². The zero-order valence-electron chi connectivity index (χ0n) is 12.0. The van der Waals surface area contributed by atoms with Gasteiger partial charge in [-0.25, -0.2) is 4.98 Å². The van der Waals surface area contributed by atoms with E-state index >= 15 is 0 Å². The lowest BCUT2D eigenvalue weighted by Gasteiger charge is -2.12. The Bertz CT molecular complexity index is 722. The number of fused-ring (bicyclic) bond motifs is 1. The minimum absolute atomic E-state index is 0.315. The van der Waals surface area contributed by atoms with Gasteiger partial charge in [0, 0.05) is 18.4 Å². The van der Waals surface area contributed by atoms with Crippen LogP contribution in [0.25, 0.3) is 5.65 Å². The second kappa shape index (κ2) is 6.24. The first-order valence-electron chi connectivity index (χ1n) is 6.95. The Labute approximate surface area is 127 Å². The molecule has 21 heavy (non-hydrogen) atoms. The quantitative estimate of drug-likeness (QED) is 0.785. The van der Waals surface area contributed by atoms with Gasteiger partial charge >= 0.3 is 0 Å². The van der Waals surface area contributed by atoms with Gasteiger partial charge < -0.3 is 5.32 Å². The Kier molecular flexibility index (Phi) is 4.17. The van der Waals surface area contributed by atoms with Gasteiger partial charge in [-0.2, -0.15) is 0 Å². The molecule has 108 valence electrons. The number of aromatic nitrogens is 4. The SMILES string of the molecule is CCNC(C)c1ccc(Sc2nnc3ccccn23)nc1. The Morgan fingerprint density at radius 1 is 1.24 bits per heavy atom. The highest BCUT2D eigenvalue weighted by molar-refractivity contribution is 7.99. The van der Waals surface area contributed by atoms with Gasteiger partial charge in [-0.15, -0.1) is 10.2 Å². The average molecular weight is 299 g/mol. The second-order valence-corrected chi connectivity index (χ2v) is 5.71. The van der Waals surface area contributed by atoms with Crippen LogP contribution in [-0.4, -0.2) is 26.1 Å². The van der Waals surface area contributed by atoms with E-state index in [9.17, 15) is 0 Å². The lowest BCUT2D eigenvalue weighted by atomic mass is 10.1. The van der Waals surface area contributed by atoms with Gasteiger partial charge in [-0.3, -0.25) is 4.40 Å². The number of nitrogens with zero attached hydrogens (tertiary/aromatic N) is 4. The Morgan fingerprint density at radius 2 is 2.14 bits per heavy atom. The molecule has 0 aliphatic rings. The molecule has 0 aliphatic heterocycles. The van der Waals surface area contributed by atoms with Gasteiger partial charge in [-0.05, 0) is 49.0 Å². The maximum Gasteiger partial charge on any atom is 0.201 e. The first-order chi connectivity index (χ1) is 10.3. The Balaban J connectivity index is 1.79. The monoisotopic (exact) mass is 299 g/mol. The molecular weight excluding hydrogens is 282 g/mol. The van der Waals surface area contributed by atoms with Crippen LogP contribution < -0.4 is 5.32 Å². The highest BCUT2D eigenvalue weighted by atomic mass is 32.2. The van der Waals surface area contributed by atoms with E-state index in [1.54, 1.807) is 0 Å². The lowest BCUT2D eigenvalue weighted by molar-refractivity contribution is 0.595. The maximum atomic E-state index is 4.51. The van der Waals surface area contributed by atoms with E-state index < -0.39 is 0 Å². The van der Waals surface area contributed by atoms with Gasteiger partial charge in [0.2, 0.25) is 5.16 Å². The standard InChI is InChI=1S/C15H17N5S/c1-3-16-11(2)12-7-8-14(17-10-12)21-15-19-18-13-6-4-5-9-20(13)15/h4-11,16H,3H2,1-2H3. The summed E-state index contributed by atoms with van der Waals surface area (Å²) in [6.07, 6.45) is 3.87. The van der Waals surface area contributed by atoms with Gasteiger partial charge in [-0.1, -0.05) is 19.1 Å². The van der Waals surface area contributed by atoms with E-state index in [4.69, 9.17) is 0 Å². The van der Waals surface area contributed by atoms with Crippen molar-refractivity contribution in [3.05, 3.63) is 48.3 Å². The summed E-state index contributed by atoms with van der Waals surface area (Å²) in [4.78, 5) is 4.51. The molecule has 5 nitrogen and oxygen atoms in total. The second-order valence-electron chi connectivity index (χ2n) is 4.72. The molecule has 0 amide bonds. The summed E-state index contributed by atoms with van der Waals surface area (Å²) in [7, 11) is 0. The van der Waals surface area contributed by atoms with Crippen LogP contribution in [0.15, 0.2) is 52.9 Å². The molecule has 0 saturated carbocycles. The van der Waals surface area contributed by atoms with Gasteiger partial charge in [0.1, 0.15) is 5.03 Å². The summed E-state index contributed by atoms with van der Waals surface area (Å²) >= 11 is 1.52. The minimum atomic E-state index is 0.315. The van der Waals surface area contributed by atoms with Crippen molar-refractivity contribution in [1.29, 1.82) is 0 Å². The van der Waals surface area contributed by atoms with Crippen molar-refractivity contribution in [2.24, 2.45) is 0 Å². The molecule has 0 radical (unpaired) electrons. The summed E-state index contributed by atoms with van der Waals surface area (Å²) in [5.74, 6) is 0. The van der Waals surface area contributed by atoms with Crippen LogP contribution in [0.5, 0.6) is 0 Å². The van der Waals surface area contributed by atoms with Crippen LogP contribution in [0.3, 0.4) is 0 Å². The molecule has 3 heterocycles. The van der Waals surface area contributed by atoms with E-state index in [-0.39, 0.29) is 0 Å². The number of nitrogens with one attached hydrogen (secondary N) is 1. The van der Waals surface area contributed by atoms with Gasteiger partial charge in [0.05, 0.1) is 0 Å². The molecule has 6 heteroatoms. The summed E-state index contributed by atoms with van der Waals surface area (Å²) in [5, 5.41) is 13.5. The van der Waals surface area contributed by atoms with Crippen LogP contribution in [0.2, 0.25) is 0 Å². The molecule has 3 rings (SSSR count). The molecule has 3 aromatic rings. The van der Waals surface area contributed by atoms with Gasteiger partial charge in [0.25, 0.3) is 0 Å². The molecule has 0 bridgehead atoms. The van der Waals surface area contributed by atoms with E-state index in [2.05, 4.69) is 40.4 Å². The molecular formula is C15H17N5S. The van der Waals surface area contributed by atoms with Crippen molar-refractivity contribution >= 4 is 17.4 Å². The molecule has 1 atom stereocenters. The third-order valence-electron chi connectivity index (χ3n) is 3.25. The average Bonchev–Trinajstić information content (AvgIpc) is 2.92. The predicted molar refractivity (Wildman–Crippen MR) is 83.4 cm³/mol. The zero-order valence-corrected chi connectivity index (χ0v) is 12.8. The van der Waals surface area contributed by atoms with Crippen LogP contribution in [0.4, 0.5) is 0 Å². The molecule has 0 saturated heterocycles. The third-order valence-corrected chi connectivity index (χ3v) is 4.16. The number of hydrogen-bond acceptors (Lipinski definition) is 5. The van der Waals surface area contributed by atoms with E-state index in [1.807, 2.05) is 41.1 Å². The smallest absolute Gasteiger partial charge is 0.201 e. The van der Waals surface area contributed by atoms with Crippen molar-refractivity contribution in [2.45, 2.75) is 30.1 Å². The Hall–Kier alpha value is -1.92. The summed E-state index contributed by atoms with van der Waals surface area (Å²) in [6.45, 7) is 5.19. The predicted octanol–water partition coefficient (Wildman–Crippen LogP) is 2.95. The first kappa shape index (κ1) is 14.0. The van der Waals surface area contributed by atoms with E-state index in [0.717, 1.165) is 22.4 Å². The fourth-order valence-electron chi connectivity index (χ4n) is 2.11. The number of hydrogen-bond donors (Lipinski definition) is 1. The summed E-state index contributed by atoms with van der Waals surface area (Å²) in [6, 6.07) is 10.3. The third kappa shape index (κ3) is 3.06. The van der Waals surface area contributed by atoms with E-state index in [1.165, 1.54) is 17.3 Å². The molecule has 0 spiro atoms. The minimum Gasteiger partial charge on any atom is -0.310 e. The highest BCUT2D eigenvalue weighted by Gasteiger charge is 2.09. The lowest BCUT2D eigenvalue weighted by Crippen LogP contribution is -2.17. The summed E-state index contributed by atoms with van der Waals surface area (Å²) in [5.41, 5.74) is 2.03. The fraction of sp³-hybridized carbons (Fsp3) is 0.267. The first-order valence-corrected chi connectivity index (χ1v) is 7.76. The van der Waals surface area contributed by atoms with Crippen molar-refractivity contribution in [1.82, 2.24) is 24.9 Å². The molecule has 0 aliphatic carbocycles. The maximum absolute atomic E-state index is 4.51. The number of pyridine rings is 2. The number of rotatable bonds is 5. The zero-order chi connectivity index (χ0) is 14.7. The van der Waals surface area contributed by atoms with Crippen molar-refractivity contribution in [3.8, 4) is 0 Å². The highest BCUT2D eigenvalue weighted by Crippen LogP contribution is 2.25. The van der Waals surface area contributed by atoms with Crippen molar-refractivity contribution in [2.75, 3.05) is 6.54 Å². The molecule has 3 aromatic heterocycles. The molecule has 0 fully saturated rings. The fourth-order valence-corrected chi connectivity index (χ4v) is 2.88. The van der Waals surface area contributed by atoms with Gasteiger partial charge in [0.15, 0.2) is 5.65 Å². The van der Waals surface area contributed by atoms with E-state index in [0.29, 0.717) is 6.04 Å². The largest absolute Gasteiger partial charge is 0.310 e. The normalized spacial score (nSPS) is 12.7. The van der Waals surface area contributed by atoms with Crippen LogP contribution in [-0.2, 0) is 0 Å². The topological polar surface area (TPSA) is 55.1 Å². The Morgan fingerprint density at radius 3 is 2.90 bits per heavy atom. The summed E-state index contributed by atoms with van der Waals surface area (Å²) < 4.78 is 1.96. The molecule has 1 unspecified atom stereocenters.